The van der Waals surface area contributed by atoms with Crippen molar-refractivity contribution >= 4 is 0 Å². The molecule has 0 saturated carbocycles. The van der Waals surface area contributed by atoms with E-state index in [4.69, 9.17) is 5.11 Å². The molecule has 0 aliphatic heterocycles. The Hall–Kier alpha value is -1.74. The molecule has 2 N–H and O–H groups in total. The first-order chi connectivity index (χ1) is 8.20. The number of aliphatic hydroxyl groups is 2. The molecule has 90 valence electrons. The zero-order valence-electron chi connectivity index (χ0n) is 10.1. The lowest BCUT2D eigenvalue weighted by Gasteiger charge is -1.97. The van der Waals surface area contributed by atoms with Crippen molar-refractivity contribution in [2.24, 2.45) is 0 Å². The van der Waals surface area contributed by atoms with Gasteiger partial charge in [0.2, 0.25) is 0 Å². The van der Waals surface area contributed by atoms with Gasteiger partial charge in [-0.05, 0) is 30.8 Å². The second kappa shape index (κ2) is 10.8. The molecular weight excluding hydrogens is 212 g/mol. The summed E-state index contributed by atoms with van der Waals surface area (Å²) < 4.78 is 0. The largest absolute Gasteiger partial charge is 0.389 e. The van der Waals surface area contributed by atoms with Crippen LogP contribution in [0.1, 0.15) is 19.8 Å². The Morgan fingerprint density at radius 2 is 2.00 bits per heavy atom. The standard InChI is InChI=1S/C15H18O2/c1-3-11-15(17)13-10-8-6-5-7-9-12-14(16)4-2/h3,6,8,10,13-17H,1,4,11H2,2H3. The summed E-state index contributed by atoms with van der Waals surface area (Å²) in [5.41, 5.74) is 0. The van der Waals surface area contributed by atoms with Gasteiger partial charge in [-0.15, -0.1) is 6.58 Å². The van der Waals surface area contributed by atoms with Gasteiger partial charge in [-0.2, -0.15) is 0 Å². The molecule has 0 aromatic heterocycles. The second-order valence-electron chi connectivity index (χ2n) is 3.30. The molecule has 0 aromatic carbocycles. The van der Waals surface area contributed by atoms with E-state index < -0.39 is 12.2 Å². The van der Waals surface area contributed by atoms with E-state index in [-0.39, 0.29) is 0 Å². The monoisotopic (exact) mass is 230 g/mol. The Morgan fingerprint density at radius 3 is 2.65 bits per heavy atom. The maximum absolute atomic E-state index is 9.30. The number of aliphatic hydroxyl groups excluding tert-OH is 2. The van der Waals surface area contributed by atoms with Crippen LogP contribution in [-0.4, -0.2) is 22.4 Å². The van der Waals surface area contributed by atoms with Crippen LogP contribution in [0.3, 0.4) is 0 Å². The highest BCUT2D eigenvalue weighted by atomic mass is 16.3. The minimum Gasteiger partial charge on any atom is -0.389 e. The van der Waals surface area contributed by atoms with Crippen LogP contribution in [0.5, 0.6) is 0 Å². The van der Waals surface area contributed by atoms with Crippen LogP contribution >= 0.6 is 0 Å². The molecule has 0 heterocycles. The number of hydrogen-bond donors (Lipinski definition) is 2. The summed E-state index contributed by atoms with van der Waals surface area (Å²) in [5.74, 6) is 10.4. The van der Waals surface area contributed by atoms with Crippen LogP contribution in [0.25, 0.3) is 0 Å². The maximum Gasteiger partial charge on any atom is 0.115 e. The molecule has 0 bridgehead atoms. The zero-order chi connectivity index (χ0) is 12.9. The fraction of sp³-hybridized carbons (Fsp3) is 0.333. The van der Waals surface area contributed by atoms with Crippen molar-refractivity contribution in [1.29, 1.82) is 0 Å². The van der Waals surface area contributed by atoms with E-state index in [1.807, 2.05) is 6.92 Å². The first-order valence-corrected chi connectivity index (χ1v) is 5.52. The summed E-state index contributed by atoms with van der Waals surface area (Å²) in [6.45, 7) is 5.38. The molecule has 2 atom stereocenters. The first kappa shape index (κ1) is 15.3. The molecule has 0 aliphatic rings. The lowest BCUT2D eigenvalue weighted by molar-refractivity contribution is 0.227. The van der Waals surface area contributed by atoms with E-state index in [0.29, 0.717) is 12.8 Å². The molecule has 0 aromatic rings. The van der Waals surface area contributed by atoms with E-state index in [2.05, 4.69) is 30.3 Å². The summed E-state index contributed by atoms with van der Waals surface area (Å²) >= 11 is 0. The molecule has 0 amide bonds. The molecule has 2 heteroatoms. The van der Waals surface area contributed by atoms with Crippen molar-refractivity contribution in [2.75, 3.05) is 0 Å². The smallest absolute Gasteiger partial charge is 0.115 e. The second-order valence-corrected chi connectivity index (χ2v) is 3.30. The Morgan fingerprint density at radius 1 is 1.24 bits per heavy atom. The lowest BCUT2D eigenvalue weighted by atomic mass is 10.2. The van der Waals surface area contributed by atoms with Gasteiger partial charge in [0.1, 0.15) is 6.10 Å². The predicted octanol–water partition coefficient (Wildman–Crippen LogP) is 1.81. The van der Waals surface area contributed by atoms with Crippen LogP contribution in [-0.2, 0) is 0 Å². The minimum atomic E-state index is -0.595. The fourth-order valence-corrected chi connectivity index (χ4v) is 0.845. The third-order valence-corrected chi connectivity index (χ3v) is 1.79. The van der Waals surface area contributed by atoms with Gasteiger partial charge in [0, 0.05) is 0 Å². The van der Waals surface area contributed by atoms with Crippen molar-refractivity contribution in [3.8, 4) is 23.7 Å². The van der Waals surface area contributed by atoms with Gasteiger partial charge in [0.15, 0.2) is 0 Å². The highest BCUT2D eigenvalue weighted by molar-refractivity contribution is 5.32. The molecule has 0 rings (SSSR count). The van der Waals surface area contributed by atoms with Crippen LogP contribution < -0.4 is 0 Å². The van der Waals surface area contributed by atoms with Crippen molar-refractivity contribution < 1.29 is 10.2 Å². The molecule has 2 unspecified atom stereocenters. The SMILES string of the molecule is C=CCC(O)C=CC=CC#CC#CC(O)CC. The Bertz CT molecular complexity index is 383. The third kappa shape index (κ3) is 10.5. The van der Waals surface area contributed by atoms with Gasteiger partial charge < -0.3 is 10.2 Å². The minimum absolute atomic E-state index is 0.496. The summed E-state index contributed by atoms with van der Waals surface area (Å²) in [7, 11) is 0. The average Bonchev–Trinajstić information content (AvgIpc) is 2.32. The van der Waals surface area contributed by atoms with E-state index in [1.165, 1.54) is 0 Å². The molecule has 0 fully saturated rings. The van der Waals surface area contributed by atoms with E-state index in [1.54, 1.807) is 30.4 Å². The Labute approximate surface area is 103 Å². The van der Waals surface area contributed by atoms with Crippen molar-refractivity contribution in [3.63, 3.8) is 0 Å². The summed E-state index contributed by atoms with van der Waals surface area (Å²) in [4.78, 5) is 0. The summed E-state index contributed by atoms with van der Waals surface area (Å²) in [6.07, 6.45) is 8.44. The predicted molar refractivity (Wildman–Crippen MR) is 71.0 cm³/mol. The number of rotatable bonds is 5. The zero-order valence-corrected chi connectivity index (χ0v) is 10.1. The molecular formula is C15H18O2. The van der Waals surface area contributed by atoms with Crippen LogP contribution in [0.4, 0.5) is 0 Å². The first-order valence-electron chi connectivity index (χ1n) is 5.52. The van der Waals surface area contributed by atoms with E-state index in [9.17, 15) is 5.11 Å². The summed E-state index contributed by atoms with van der Waals surface area (Å²) in [5, 5.41) is 18.4. The van der Waals surface area contributed by atoms with Gasteiger partial charge in [0.25, 0.3) is 0 Å². The van der Waals surface area contributed by atoms with Crippen molar-refractivity contribution in [3.05, 3.63) is 37.0 Å². The molecule has 0 spiro atoms. The van der Waals surface area contributed by atoms with Gasteiger partial charge in [-0.1, -0.05) is 43.1 Å². The van der Waals surface area contributed by atoms with Crippen LogP contribution in [0.15, 0.2) is 37.0 Å². The Balaban J connectivity index is 3.98. The topological polar surface area (TPSA) is 40.5 Å². The van der Waals surface area contributed by atoms with E-state index in [0.717, 1.165) is 0 Å². The maximum atomic E-state index is 9.30. The van der Waals surface area contributed by atoms with Crippen LogP contribution in [0, 0.1) is 23.7 Å². The molecule has 2 nitrogen and oxygen atoms in total. The highest BCUT2D eigenvalue weighted by Gasteiger charge is 1.91. The fourth-order valence-electron chi connectivity index (χ4n) is 0.845. The molecule has 0 radical (unpaired) electrons. The number of allylic oxidation sites excluding steroid dienone is 3. The molecule has 17 heavy (non-hydrogen) atoms. The highest BCUT2D eigenvalue weighted by Crippen LogP contribution is 1.93. The van der Waals surface area contributed by atoms with Gasteiger partial charge in [-0.3, -0.25) is 0 Å². The third-order valence-electron chi connectivity index (χ3n) is 1.79. The Kier molecular flexibility index (Phi) is 9.67. The normalized spacial score (nSPS) is 13.6. The quantitative estimate of drug-likeness (QED) is 0.429. The average molecular weight is 230 g/mol. The summed E-state index contributed by atoms with van der Waals surface area (Å²) in [6, 6.07) is 0. The number of hydrogen-bond acceptors (Lipinski definition) is 2. The van der Waals surface area contributed by atoms with E-state index >= 15 is 0 Å². The molecule has 0 saturated heterocycles. The van der Waals surface area contributed by atoms with Crippen molar-refractivity contribution in [2.45, 2.75) is 32.0 Å². The molecule has 0 aliphatic carbocycles. The van der Waals surface area contributed by atoms with Gasteiger partial charge >= 0.3 is 0 Å². The van der Waals surface area contributed by atoms with Crippen molar-refractivity contribution in [1.82, 2.24) is 0 Å². The lowest BCUT2D eigenvalue weighted by Crippen LogP contribution is -1.98. The van der Waals surface area contributed by atoms with Gasteiger partial charge in [0.05, 0.1) is 6.10 Å². The van der Waals surface area contributed by atoms with Crippen LogP contribution in [0.2, 0.25) is 0 Å². The van der Waals surface area contributed by atoms with Gasteiger partial charge in [-0.25, -0.2) is 0 Å².